The van der Waals surface area contributed by atoms with Gasteiger partial charge < -0.3 is 20.0 Å². The summed E-state index contributed by atoms with van der Waals surface area (Å²) in [6.45, 7) is 9.44. The van der Waals surface area contributed by atoms with Gasteiger partial charge in [0.1, 0.15) is 5.82 Å². The predicted molar refractivity (Wildman–Crippen MR) is 73.8 cm³/mol. The van der Waals surface area contributed by atoms with Gasteiger partial charge in [-0.15, -0.1) is 0 Å². The lowest BCUT2D eigenvalue weighted by atomic mass is 9.75. The van der Waals surface area contributed by atoms with Crippen LogP contribution in [0.1, 0.15) is 33.3 Å². The van der Waals surface area contributed by atoms with Gasteiger partial charge >= 0.3 is 7.12 Å². The molecule has 1 heterocycles. The van der Waals surface area contributed by atoms with E-state index in [0.29, 0.717) is 11.0 Å². The Kier molecular flexibility index (Phi) is 3.37. The highest BCUT2D eigenvalue weighted by Crippen LogP contribution is 2.37. The number of halogens is 1. The molecule has 2 rings (SSSR count). The molecule has 1 saturated heterocycles. The zero-order chi connectivity index (χ0) is 14.4. The first kappa shape index (κ1) is 14.3. The van der Waals surface area contributed by atoms with Crippen LogP contribution in [-0.2, 0) is 9.31 Å². The van der Waals surface area contributed by atoms with Crippen molar-refractivity contribution in [2.24, 2.45) is 0 Å². The van der Waals surface area contributed by atoms with Crippen molar-refractivity contribution in [2.75, 3.05) is 5.48 Å². The van der Waals surface area contributed by atoms with Gasteiger partial charge in [0.2, 0.25) is 0 Å². The summed E-state index contributed by atoms with van der Waals surface area (Å²) in [7, 11) is -0.673. The molecule has 0 atom stereocenters. The fourth-order valence-corrected chi connectivity index (χ4v) is 2.02. The first-order chi connectivity index (χ1) is 8.68. The summed E-state index contributed by atoms with van der Waals surface area (Å²) < 4.78 is 25.3. The van der Waals surface area contributed by atoms with Crippen molar-refractivity contribution in [3.8, 4) is 0 Å². The van der Waals surface area contributed by atoms with E-state index in [2.05, 4.69) is 0 Å². The summed E-state index contributed by atoms with van der Waals surface area (Å²) in [5.41, 5.74) is 2.12. The molecule has 0 unspecified atom stereocenters. The van der Waals surface area contributed by atoms with Crippen molar-refractivity contribution in [3.05, 3.63) is 28.7 Å². The average molecular weight is 266 g/mol. The zero-order valence-corrected chi connectivity index (χ0v) is 11.8. The van der Waals surface area contributed by atoms with Crippen molar-refractivity contribution in [3.63, 3.8) is 0 Å². The molecule has 1 fully saturated rings. The maximum absolute atomic E-state index is 13.5. The fraction of sp³-hybridized carbons (Fsp3) is 0.538. The van der Waals surface area contributed by atoms with E-state index in [-0.39, 0.29) is 5.69 Å². The lowest BCUT2D eigenvalue weighted by Gasteiger charge is -2.32. The van der Waals surface area contributed by atoms with Crippen molar-refractivity contribution < 1.29 is 13.7 Å². The zero-order valence-electron chi connectivity index (χ0n) is 11.8. The first-order valence-electron chi connectivity index (χ1n) is 6.22. The van der Waals surface area contributed by atoms with Crippen molar-refractivity contribution >= 4 is 18.3 Å². The Morgan fingerprint density at radius 3 is 2.16 bits per heavy atom. The van der Waals surface area contributed by atoms with Crippen LogP contribution in [0.4, 0.5) is 10.1 Å². The van der Waals surface area contributed by atoms with Gasteiger partial charge in [0.05, 0.1) is 11.2 Å². The van der Waals surface area contributed by atoms with Gasteiger partial charge in [0, 0.05) is 5.69 Å². The summed E-state index contributed by atoms with van der Waals surface area (Å²) in [6.07, 6.45) is 0. The van der Waals surface area contributed by atoms with Crippen molar-refractivity contribution in [2.45, 2.75) is 45.8 Å². The van der Waals surface area contributed by atoms with E-state index in [1.165, 1.54) is 6.07 Å². The van der Waals surface area contributed by atoms with Gasteiger partial charge in [-0.2, -0.15) is 0 Å². The number of benzene rings is 1. The number of hydrogen-bond donors (Lipinski definition) is 1. The highest BCUT2D eigenvalue weighted by Gasteiger charge is 2.52. The molecule has 0 spiro atoms. The Hall–Kier alpha value is -1.11. The Bertz CT molecular complexity index is 489. The lowest BCUT2D eigenvalue weighted by molar-refractivity contribution is 0.00578. The van der Waals surface area contributed by atoms with Gasteiger partial charge in [-0.3, -0.25) is 0 Å². The van der Waals surface area contributed by atoms with Crippen molar-refractivity contribution in [1.82, 2.24) is 0 Å². The van der Waals surface area contributed by atoms with Gasteiger partial charge in [-0.25, -0.2) is 4.39 Å². The van der Waals surface area contributed by atoms with Crippen LogP contribution in [0.3, 0.4) is 0 Å². The Balaban J connectivity index is 2.42. The summed E-state index contributed by atoms with van der Waals surface area (Å²) in [5, 5.41) is 10.8. The van der Waals surface area contributed by atoms with E-state index in [9.17, 15) is 9.60 Å². The molecule has 4 nitrogen and oxygen atoms in total. The third-order valence-corrected chi connectivity index (χ3v) is 4.03. The molecule has 0 radical (unpaired) electrons. The molecule has 0 amide bonds. The van der Waals surface area contributed by atoms with E-state index >= 15 is 0 Å². The maximum atomic E-state index is 13.5. The number of hydrogen-bond acceptors (Lipinski definition) is 4. The largest absolute Gasteiger partial charge is 0.761 e. The monoisotopic (exact) mass is 266 g/mol. The fourth-order valence-electron chi connectivity index (χ4n) is 2.02. The summed E-state index contributed by atoms with van der Waals surface area (Å²) >= 11 is 0. The van der Waals surface area contributed by atoms with Crippen LogP contribution in [0.25, 0.3) is 0 Å². The molecule has 6 heteroatoms. The minimum Gasteiger partial charge on any atom is -0.761 e. The minimum atomic E-state index is -0.673. The summed E-state index contributed by atoms with van der Waals surface area (Å²) in [4.78, 5) is 0. The molecule has 1 aliphatic rings. The Morgan fingerprint density at radius 2 is 1.68 bits per heavy atom. The molecule has 0 aromatic heterocycles. The normalized spacial score (nSPS) is 20.7. The Morgan fingerprint density at radius 1 is 1.16 bits per heavy atom. The molecule has 0 aliphatic carbocycles. The topological polar surface area (TPSA) is 53.5 Å². The van der Waals surface area contributed by atoms with Gasteiger partial charge in [-0.05, 0) is 57.8 Å². The van der Waals surface area contributed by atoms with E-state index < -0.39 is 24.1 Å². The van der Waals surface area contributed by atoms with Crippen LogP contribution in [0.5, 0.6) is 0 Å². The van der Waals surface area contributed by atoms with Gasteiger partial charge in [0.25, 0.3) is 0 Å². The van der Waals surface area contributed by atoms with Crippen LogP contribution < -0.4 is 10.9 Å². The lowest BCUT2D eigenvalue weighted by Crippen LogP contribution is -2.41. The smallest absolute Gasteiger partial charge is 0.495 e. The van der Waals surface area contributed by atoms with Crippen LogP contribution in [0, 0.1) is 17.9 Å². The standard InChI is InChI=1S/C13H18BFNO3/c1-8-10(6-9(15)7-11(8)16-17)14-18-12(2,3)13(4,5)19-14/h6-7,16H,1-5H3/q-1. The SMILES string of the molecule is Cc1c(N[O-])cc(F)cc1B1OC(C)(C)C(C)(C)O1. The van der Waals surface area contributed by atoms with Crippen LogP contribution in [0.2, 0.25) is 0 Å². The third kappa shape index (κ3) is 2.36. The highest BCUT2D eigenvalue weighted by molar-refractivity contribution is 6.62. The van der Waals surface area contributed by atoms with Gasteiger partial charge in [-0.1, -0.05) is 0 Å². The quantitative estimate of drug-likeness (QED) is 0.659. The molecule has 104 valence electrons. The summed E-state index contributed by atoms with van der Waals surface area (Å²) in [6, 6.07) is 2.51. The maximum Gasteiger partial charge on any atom is 0.495 e. The average Bonchev–Trinajstić information content (AvgIpc) is 2.50. The van der Waals surface area contributed by atoms with Crippen LogP contribution in [-0.4, -0.2) is 18.3 Å². The van der Waals surface area contributed by atoms with Gasteiger partial charge in [0.15, 0.2) is 0 Å². The highest BCUT2D eigenvalue weighted by atomic mass is 19.1. The minimum absolute atomic E-state index is 0.199. The molecule has 0 saturated carbocycles. The number of nitrogens with one attached hydrogen (secondary N) is 1. The summed E-state index contributed by atoms with van der Waals surface area (Å²) in [5.74, 6) is -0.492. The van der Waals surface area contributed by atoms with E-state index in [0.717, 1.165) is 6.07 Å². The van der Waals surface area contributed by atoms with Crippen LogP contribution >= 0.6 is 0 Å². The molecule has 1 aliphatic heterocycles. The molecule has 19 heavy (non-hydrogen) atoms. The molecular weight excluding hydrogens is 248 g/mol. The van der Waals surface area contributed by atoms with Crippen LogP contribution in [0.15, 0.2) is 12.1 Å². The van der Waals surface area contributed by atoms with E-state index in [4.69, 9.17) is 9.31 Å². The molecule has 1 N–H and O–H groups in total. The molecule has 1 aromatic carbocycles. The second-order valence-electron chi connectivity index (χ2n) is 5.86. The van der Waals surface area contributed by atoms with E-state index in [1.807, 2.05) is 27.7 Å². The molecule has 1 aromatic rings. The molecular formula is C13H18BFNO3-. The van der Waals surface area contributed by atoms with E-state index in [1.54, 1.807) is 12.4 Å². The predicted octanol–water partition coefficient (Wildman–Crippen LogP) is 2.34. The molecule has 0 bridgehead atoms. The second-order valence-corrected chi connectivity index (χ2v) is 5.86. The third-order valence-electron chi connectivity index (χ3n) is 4.03. The number of rotatable bonds is 2. The van der Waals surface area contributed by atoms with Crippen molar-refractivity contribution in [1.29, 1.82) is 0 Å². The Labute approximate surface area is 113 Å². The number of anilines is 1. The second kappa shape index (κ2) is 4.47. The first-order valence-corrected chi connectivity index (χ1v) is 6.22.